The predicted octanol–water partition coefficient (Wildman–Crippen LogP) is 17.6. The van der Waals surface area contributed by atoms with Gasteiger partial charge in [0.15, 0.2) is 0 Å². The van der Waals surface area contributed by atoms with Crippen molar-refractivity contribution in [3.8, 4) is 44.5 Å². The lowest BCUT2D eigenvalue weighted by molar-refractivity contribution is 0.590. The molecule has 1 heteroatoms. The second-order valence-corrected chi connectivity index (χ2v) is 20.1. The number of benzene rings is 10. The van der Waals surface area contributed by atoms with Gasteiger partial charge in [-0.25, -0.2) is 0 Å². The number of rotatable bonds is 7. The Labute approximate surface area is 395 Å². The van der Waals surface area contributed by atoms with E-state index in [0.717, 1.165) is 17.1 Å². The van der Waals surface area contributed by atoms with E-state index in [1.807, 2.05) is 0 Å². The molecule has 0 spiro atoms. The number of nitrogens with zero attached hydrogens (tertiary/aromatic N) is 1. The highest BCUT2D eigenvalue weighted by Gasteiger charge is 2.46. The molecule has 0 aliphatic heterocycles. The third-order valence-electron chi connectivity index (χ3n) is 14.9. The lowest BCUT2D eigenvalue weighted by Gasteiger charge is -2.34. The van der Waals surface area contributed by atoms with Crippen LogP contribution in [0.3, 0.4) is 0 Å². The van der Waals surface area contributed by atoms with Crippen LogP contribution >= 0.6 is 0 Å². The van der Waals surface area contributed by atoms with Crippen molar-refractivity contribution in [1.29, 1.82) is 0 Å². The van der Waals surface area contributed by atoms with Gasteiger partial charge in [0.1, 0.15) is 0 Å². The second kappa shape index (κ2) is 15.4. The molecule has 1 nitrogen and oxygen atoms in total. The normalized spacial score (nSPS) is 14.0. The highest BCUT2D eigenvalue weighted by molar-refractivity contribution is 6.06. The topological polar surface area (TPSA) is 3.24 Å². The monoisotopic (exact) mass is 859 g/mol. The fourth-order valence-corrected chi connectivity index (χ4v) is 11.6. The minimum Gasteiger partial charge on any atom is -0.310 e. The molecule has 0 unspecified atom stereocenters. The second-order valence-electron chi connectivity index (χ2n) is 20.1. The Hall–Kier alpha value is -7.74. The van der Waals surface area contributed by atoms with Gasteiger partial charge in [0.2, 0.25) is 0 Å². The Morgan fingerprint density at radius 1 is 0.373 bits per heavy atom. The van der Waals surface area contributed by atoms with E-state index in [1.165, 1.54) is 94.2 Å². The van der Waals surface area contributed by atoms with E-state index in [2.05, 4.69) is 270 Å². The summed E-state index contributed by atoms with van der Waals surface area (Å²) >= 11 is 0. The molecule has 2 aliphatic rings. The molecule has 0 saturated heterocycles. The zero-order valence-electron chi connectivity index (χ0n) is 38.9. The summed E-state index contributed by atoms with van der Waals surface area (Å²) in [6, 6.07) is 86.5. The first-order valence-electron chi connectivity index (χ1n) is 23.8. The first-order chi connectivity index (χ1) is 32.6. The lowest BCUT2D eigenvalue weighted by atomic mass is 9.68. The van der Waals surface area contributed by atoms with Gasteiger partial charge in [-0.2, -0.15) is 0 Å². The molecule has 0 fully saturated rings. The molecular formula is C66H53N. The maximum Gasteiger partial charge on any atom is 0.0713 e. The summed E-state index contributed by atoms with van der Waals surface area (Å²) in [6.07, 6.45) is 0. The smallest absolute Gasteiger partial charge is 0.0713 e. The molecule has 0 bridgehead atoms. The Morgan fingerprint density at radius 3 is 1.66 bits per heavy atom. The van der Waals surface area contributed by atoms with Gasteiger partial charge in [-0.05, 0) is 137 Å². The molecule has 0 heterocycles. The van der Waals surface area contributed by atoms with Crippen molar-refractivity contribution in [2.24, 2.45) is 0 Å². The Morgan fingerprint density at radius 2 is 0.940 bits per heavy atom. The summed E-state index contributed by atoms with van der Waals surface area (Å²) in [5.74, 6) is 0. The summed E-state index contributed by atoms with van der Waals surface area (Å²) in [7, 11) is 0. The summed E-state index contributed by atoms with van der Waals surface area (Å²) in [5.41, 5.74) is 22.1. The first-order valence-corrected chi connectivity index (χ1v) is 23.8. The van der Waals surface area contributed by atoms with Crippen molar-refractivity contribution >= 4 is 27.8 Å². The van der Waals surface area contributed by atoms with Crippen LogP contribution in [0, 0.1) is 0 Å². The van der Waals surface area contributed by atoms with Crippen LogP contribution in [0.1, 0.15) is 73.6 Å². The third kappa shape index (κ3) is 6.36. The van der Waals surface area contributed by atoms with Gasteiger partial charge in [-0.15, -0.1) is 0 Å². The summed E-state index contributed by atoms with van der Waals surface area (Å²) < 4.78 is 0. The minimum atomic E-state index is -0.476. The standard InChI is InChI=1S/C66H53N/c1-64(2,3)48-33-35-51(36-34-48)67(52-37-39-60-57(43-52)55-28-15-17-30-59(55)66(60,49-22-8-6-9-23-49)50-24-10-7-11-25-50)62-40-32-44-19-12-13-26-53(44)63(62)47-21-18-20-45(41-47)46-31-38-56-54-27-14-16-29-58(54)65(4,5)61(56)42-46/h6-43H,1-5H3. The van der Waals surface area contributed by atoms with Crippen molar-refractivity contribution in [2.75, 3.05) is 4.90 Å². The number of anilines is 3. The molecule has 12 rings (SSSR count). The molecule has 0 radical (unpaired) electrons. The van der Waals surface area contributed by atoms with E-state index in [4.69, 9.17) is 0 Å². The molecule has 67 heavy (non-hydrogen) atoms. The van der Waals surface area contributed by atoms with E-state index in [-0.39, 0.29) is 10.8 Å². The van der Waals surface area contributed by atoms with Gasteiger partial charge in [0.25, 0.3) is 0 Å². The molecule has 0 aromatic heterocycles. The van der Waals surface area contributed by atoms with Crippen LogP contribution in [0.15, 0.2) is 231 Å². The largest absolute Gasteiger partial charge is 0.310 e. The fraction of sp³-hybridized carbons (Fsp3) is 0.121. The van der Waals surface area contributed by atoms with E-state index in [1.54, 1.807) is 0 Å². The molecule has 10 aromatic rings. The summed E-state index contributed by atoms with van der Waals surface area (Å²) in [6.45, 7) is 11.6. The van der Waals surface area contributed by atoms with Crippen LogP contribution in [0.4, 0.5) is 17.1 Å². The summed E-state index contributed by atoms with van der Waals surface area (Å²) in [5, 5.41) is 2.43. The molecule has 0 amide bonds. The first kappa shape index (κ1) is 40.7. The minimum absolute atomic E-state index is 0.0168. The maximum atomic E-state index is 2.50. The lowest BCUT2D eigenvalue weighted by Crippen LogP contribution is -2.28. The molecule has 0 saturated carbocycles. The quantitative estimate of drug-likeness (QED) is 0.154. The average Bonchev–Trinajstić information content (AvgIpc) is 3.79. The molecule has 322 valence electrons. The van der Waals surface area contributed by atoms with E-state index >= 15 is 0 Å². The van der Waals surface area contributed by atoms with Gasteiger partial charge >= 0.3 is 0 Å². The molecule has 10 aromatic carbocycles. The predicted molar refractivity (Wildman–Crippen MR) is 283 cm³/mol. The number of fused-ring (bicyclic) bond motifs is 7. The van der Waals surface area contributed by atoms with Crippen molar-refractivity contribution in [3.63, 3.8) is 0 Å². The molecule has 0 N–H and O–H groups in total. The van der Waals surface area contributed by atoms with Crippen molar-refractivity contribution in [3.05, 3.63) is 269 Å². The van der Waals surface area contributed by atoms with Crippen molar-refractivity contribution in [2.45, 2.75) is 50.9 Å². The van der Waals surface area contributed by atoms with E-state index < -0.39 is 5.41 Å². The van der Waals surface area contributed by atoms with Gasteiger partial charge in [-0.1, -0.05) is 223 Å². The van der Waals surface area contributed by atoms with Crippen LogP contribution in [0.2, 0.25) is 0 Å². The average molecular weight is 860 g/mol. The van der Waals surface area contributed by atoms with Crippen LogP contribution in [-0.4, -0.2) is 0 Å². The van der Waals surface area contributed by atoms with Gasteiger partial charge in [-0.3, -0.25) is 0 Å². The van der Waals surface area contributed by atoms with Crippen molar-refractivity contribution < 1.29 is 0 Å². The van der Waals surface area contributed by atoms with Crippen LogP contribution < -0.4 is 4.90 Å². The van der Waals surface area contributed by atoms with E-state index in [9.17, 15) is 0 Å². The highest BCUT2D eigenvalue weighted by Crippen LogP contribution is 2.58. The number of hydrogen-bond donors (Lipinski definition) is 0. The Bertz CT molecular complexity index is 3480. The zero-order valence-corrected chi connectivity index (χ0v) is 38.9. The third-order valence-corrected chi connectivity index (χ3v) is 14.9. The van der Waals surface area contributed by atoms with Gasteiger partial charge in [0, 0.05) is 22.4 Å². The Kier molecular flexibility index (Phi) is 9.38. The zero-order chi connectivity index (χ0) is 45.5. The molecule has 2 aliphatic carbocycles. The van der Waals surface area contributed by atoms with Crippen LogP contribution in [0.5, 0.6) is 0 Å². The highest BCUT2D eigenvalue weighted by atomic mass is 15.1. The molecule has 0 atom stereocenters. The number of hydrogen-bond acceptors (Lipinski definition) is 1. The van der Waals surface area contributed by atoms with Crippen LogP contribution in [-0.2, 0) is 16.2 Å². The van der Waals surface area contributed by atoms with Gasteiger partial charge in [0.05, 0.1) is 11.1 Å². The van der Waals surface area contributed by atoms with Crippen molar-refractivity contribution in [1.82, 2.24) is 0 Å². The maximum absolute atomic E-state index is 2.50. The van der Waals surface area contributed by atoms with Gasteiger partial charge < -0.3 is 4.90 Å². The molecular weight excluding hydrogens is 807 g/mol. The SMILES string of the molecule is CC(C)(C)c1ccc(N(c2ccc3c(c2)-c2ccccc2C3(c2ccccc2)c2ccccc2)c2ccc3ccccc3c2-c2cccc(-c3ccc4c(c3)C(C)(C)c3ccccc3-4)c2)cc1. The van der Waals surface area contributed by atoms with E-state index in [0.29, 0.717) is 0 Å². The Balaban J connectivity index is 1.08. The van der Waals surface area contributed by atoms with Crippen LogP contribution in [0.25, 0.3) is 55.3 Å². The fourth-order valence-electron chi connectivity index (χ4n) is 11.6. The summed E-state index contributed by atoms with van der Waals surface area (Å²) in [4.78, 5) is 2.50.